The Morgan fingerprint density at radius 2 is 1.50 bits per heavy atom. The molecule has 3 rings (SSSR count). The van der Waals surface area contributed by atoms with E-state index in [1.807, 2.05) is 17.4 Å². The van der Waals surface area contributed by atoms with E-state index < -0.39 is 12.0 Å². The SMILES string of the molecule is O=C(C[C@H]([NH2+]C1CCCCC1)C(=O)[O-])c1ccc(C2CCCCC2)cc1. The molecule has 4 heteroatoms. The molecule has 2 aliphatic carbocycles. The van der Waals surface area contributed by atoms with Crippen LogP contribution in [0, 0.1) is 0 Å². The summed E-state index contributed by atoms with van der Waals surface area (Å²) in [6.45, 7) is 0. The quantitative estimate of drug-likeness (QED) is 0.761. The summed E-state index contributed by atoms with van der Waals surface area (Å²) in [4.78, 5) is 24.1. The Kier molecular flexibility index (Phi) is 6.84. The van der Waals surface area contributed by atoms with E-state index in [0.29, 0.717) is 17.5 Å². The topological polar surface area (TPSA) is 73.8 Å². The first-order chi connectivity index (χ1) is 12.6. The standard InChI is InChI=1S/C22H31NO3/c24-21(15-20(22(25)26)23-19-9-5-2-6-10-19)18-13-11-17(12-14-18)16-7-3-1-4-8-16/h11-14,16,19-20,23H,1-10,15H2,(H,25,26)/t20-/m0/s1. The van der Waals surface area contributed by atoms with Gasteiger partial charge in [0.05, 0.1) is 18.4 Å². The second-order valence-electron chi connectivity index (χ2n) is 8.10. The molecule has 1 aromatic rings. The third-order valence-electron chi connectivity index (χ3n) is 6.17. The summed E-state index contributed by atoms with van der Waals surface area (Å²) in [7, 11) is 0. The highest BCUT2D eigenvalue weighted by Crippen LogP contribution is 2.32. The Morgan fingerprint density at radius 1 is 0.923 bits per heavy atom. The number of aliphatic carboxylic acids is 1. The van der Waals surface area contributed by atoms with Gasteiger partial charge in [0.1, 0.15) is 6.04 Å². The highest BCUT2D eigenvalue weighted by molar-refractivity contribution is 5.98. The number of hydrogen-bond donors (Lipinski definition) is 1. The minimum absolute atomic E-state index is 0.0155. The van der Waals surface area contributed by atoms with Crippen LogP contribution in [0.25, 0.3) is 0 Å². The van der Waals surface area contributed by atoms with Crippen LogP contribution < -0.4 is 10.4 Å². The van der Waals surface area contributed by atoms with Crippen molar-refractivity contribution in [1.82, 2.24) is 0 Å². The van der Waals surface area contributed by atoms with E-state index in [0.717, 1.165) is 25.7 Å². The molecule has 2 saturated carbocycles. The lowest BCUT2D eigenvalue weighted by molar-refractivity contribution is -0.716. The van der Waals surface area contributed by atoms with Gasteiger partial charge in [0.15, 0.2) is 5.78 Å². The Balaban J connectivity index is 1.58. The molecule has 2 fully saturated rings. The molecule has 0 heterocycles. The Labute approximate surface area is 156 Å². The average Bonchev–Trinajstić information content (AvgIpc) is 2.69. The molecule has 26 heavy (non-hydrogen) atoms. The van der Waals surface area contributed by atoms with Gasteiger partial charge in [-0.05, 0) is 50.0 Å². The van der Waals surface area contributed by atoms with Crippen LogP contribution in [0.3, 0.4) is 0 Å². The van der Waals surface area contributed by atoms with Crippen LogP contribution in [0.15, 0.2) is 24.3 Å². The maximum absolute atomic E-state index is 12.6. The largest absolute Gasteiger partial charge is 0.544 e. The summed E-state index contributed by atoms with van der Waals surface area (Å²) < 4.78 is 0. The van der Waals surface area contributed by atoms with E-state index >= 15 is 0 Å². The lowest BCUT2D eigenvalue weighted by Gasteiger charge is -2.25. The number of carbonyl (C=O) groups excluding carboxylic acids is 2. The van der Waals surface area contributed by atoms with E-state index in [4.69, 9.17) is 0 Å². The van der Waals surface area contributed by atoms with Gasteiger partial charge in [0.2, 0.25) is 0 Å². The molecule has 1 atom stereocenters. The lowest BCUT2D eigenvalue weighted by Crippen LogP contribution is -2.97. The third kappa shape index (κ3) is 5.16. The van der Waals surface area contributed by atoms with Gasteiger partial charge in [-0.15, -0.1) is 0 Å². The van der Waals surface area contributed by atoms with Crippen molar-refractivity contribution >= 4 is 11.8 Å². The molecule has 0 radical (unpaired) electrons. The molecular weight excluding hydrogens is 326 g/mol. The average molecular weight is 357 g/mol. The molecule has 0 spiro atoms. The summed E-state index contributed by atoms with van der Waals surface area (Å²) in [6.07, 6.45) is 12.0. The van der Waals surface area contributed by atoms with Gasteiger partial charge >= 0.3 is 0 Å². The number of quaternary nitrogens is 1. The van der Waals surface area contributed by atoms with Gasteiger partial charge in [-0.3, -0.25) is 4.79 Å². The van der Waals surface area contributed by atoms with Crippen LogP contribution in [0.1, 0.15) is 92.5 Å². The molecule has 0 saturated heterocycles. The van der Waals surface area contributed by atoms with Crippen LogP contribution >= 0.6 is 0 Å². The minimum Gasteiger partial charge on any atom is -0.544 e. The van der Waals surface area contributed by atoms with Gasteiger partial charge < -0.3 is 15.2 Å². The number of rotatable bonds is 7. The van der Waals surface area contributed by atoms with Crippen molar-refractivity contribution in [2.75, 3.05) is 0 Å². The van der Waals surface area contributed by atoms with Crippen LogP contribution in [0.5, 0.6) is 0 Å². The van der Waals surface area contributed by atoms with Gasteiger partial charge in [-0.25, -0.2) is 0 Å². The molecule has 2 N–H and O–H groups in total. The van der Waals surface area contributed by atoms with Crippen molar-refractivity contribution in [2.45, 2.75) is 88.6 Å². The number of hydrogen-bond acceptors (Lipinski definition) is 3. The molecule has 4 nitrogen and oxygen atoms in total. The van der Waals surface area contributed by atoms with E-state index in [-0.39, 0.29) is 12.2 Å². The molecule has 2 aliphatic rings. The minimum atomic E-state index is -1.12. The smallest absolute Gasteiger partial charge is 0.169 e. The zero-order chi connectivity index (χ0) is 18.4. The van der Waals surface area contributed by atoms with Crippen LogP contribution in [0.4, 0.5) is 0 Å². The molecular formula is C22H31NO3. The van der Waals surface area contributed by atoms with Gasteiger partial charge in [-0.1, -0.05) is 49.9 Å². The summed E-state index contributed by atoms with van der Waals surface area (Å²) in [5.74, 6) is -0.604. The first-order valence-corrected chi connectivity index (χ1v) is 10.3. The Morgan fingerprint density at radius 3 is 2.08 bits per heavy atom. The van der Waals surface area contributed by atoms with Crippen molar-refractivity contribution in [3.05, 3.63) is 35.4 Å². The second kappa shape index (κ2) is 9.31. The maximum Gasteiger partial charge on any atom is 0.169 e. The first-order valence-electron chi connectivity index (χ1n) is 10.3. The predicted octanol–water partition coefficient (Wildman–Crippen LogP) is 2.32. The summed E-state index contributed by atoms with van der Waals surface area (Å²) in [5, 5.41) is 13.4. The maximum atomic E-state index is 12.6. The fraction of sp³-hybridized carbons (Fsp3) is 0.636. The monoisotopic (exact) mass is 357 g/mol. The lowest BCUT2D eigenvalue weighted by atomic mass is 9.84. The number of carboxylic acid groups (broad SMARTS) is 1. The van der Waals surface area contributed by atoms with Crippen molar-refractivity contribution in [3.63, 3.8) is 0 Å². The number of carbonyl (C=O) groups is 2. The molecule has 0 bridgehead atoms. The van der Waals surface area contributed by atoms with E-state index in [9.17, 15) is 14.7 Å². The zero-order valence-corrected chi connectivity index (χ0v) is 15.6. The fourth-order valence-electron chi connectivity index (χ4n) is 4.58. The first kappa shape index (κ1) is 19.1. The third-order valence-corrected chi connectivity index (χ3v) is 6.17. The Bertz CT molecular complexity index is 598. The van der Waals surface area contributed by atoms with Crippen molar-refractivity contribution in [2.24, 2.45) is 0 Å². The van der Waals surface area contributed by atoms with Crippen LogP contribution in [-0.2, 0) is 4.79 Å². The molecule has 142 valence electrons. The number of nitrogens with two attached hydrogens (primary N) is 1. The van der Waals surface area contributed by atoms with Crippen molar-refractivity contribution in [1.29, 1.82) is 0 Å². The summed E-state index contributed by atoms with van der Waals surface area (Å²) in [5.41, 5.74) is 1.93. The Hall–Kier alpha value is -1.68. The van der Waals surface area contributed by atoms with Gasteiger partial charge in [0, 0.05) is 5.56 Å². The van der Waals surface area contributed by atoms with Crippen LogP contribution in [-0.4, -0.2) is 23.8 Å². The zero-order valence-electron chi connectivity index (χ0n) is 15.6. The second-order valence-corrected chi connectivity index (χ2v) is 8.10. The van der Waals surface area contributed by atoms with E-state index in [1.54, 1.807) is 0 Å². The molecule has 0 amide bonds. The molecule has 0 unspecified atom stereocenters. The number of benzene rings is 1. The van der Waals surface area contributed by atoms with Gasteiger partial charge in [-0.2, -0.15) is 0 Å². The highest BCUT2D eigenvalue weighted by Gasteiger charge is 2.25. The predicted molar refractivity (Wildman–Crippen MR) is 98.8 cm³/mol. The molecule has 1 aromatic carbocycles. The normalized spacial score (nSPS) is 20.6. The van der Waals surface area contributed by atoms with E-state index in [2.05, 4.69) is 12.1 Å². The van der Waals surface area contributed by atoms with Crippen molar-refractivity contribution in [3.8, 4) is 0 Å². The van der Waals surface area contributed by atoms with Gasteiger partial charge in [0.25, 0.3) is 0 Å². The highest BCUT2D eigenvalue weighted by atomic mass is 16.4. The summed E-state index contributed by atoms with van der Waals surface area (Å²) >= 11 is 0. The van der Waals surface area contributed by atoms with Crippen LogP contribution in [0.2, 0.25) is 0 Å². The number of Topliss-reactive ketones (excluding diaryl/α,β-unsaturated/α-hetero) is 1. The molecule has 0 aromatic heterocycles. The fourth-order valence-corrected chi connectivity index (χ4v) is 4.58. The summed E-state index contributed by atoms with van der Waals surface area (Å²) in [6, 6.07) is 7.40. The van der Waals surface area contributed by atoms with E-state index in [1.165, 1.54) is 44.1 Å². The number of carboxylic acids is 1. The molecule has 0 aliphatic heterocycles. The number of ketones is 1. The van der Waals surface area contributed by atoms with Crippen molar-refractivity contribution < 1.29 is 20.0 Å².